The lowest BCUT2D eigenvalue weighted by Crippen LogP contribution is -2.13. The van der Waals surface area contributed by atoms with Gasteiger partial charge in [-0.15, -0.1) is 0 Å². The number of carbonyl (C=O) groups is 1. The van der Waals surface area contributed by atoms with Crippen molar-refractivity contribution in [2.45, 2.75) is 20.7 Å². The third-order valence-electron chi connectivity index (χ3n) is 4.60. The van der Waals surface area contributed by atoms with Crippen molar-refractivity contribution in [3.05, 3.63) is 108 Å². The van der Waals surface area contributed by atoms with Crippen molar-refractivity contribution >= 4 is 23.2 Å². The molecule has 2 aromatic carbocycles. The standard InChI is InChI=1S/C28H25N7O/c1-18-11-23(14-24(12-18)35-16-20(3)31-17-35)32-27(36)21-7-6-19(2)26(13-21)34-28-30-10-8-25(33-28)22-5-4-9-29-15-22/h4-17H,1-3H3,(H,32,36)(H,30,33,34)/i2D3,4D,5D,6D,7D,8D,9D,10D,11D,12D,13D,14D,15D. The van der Waals surface area contributed by atoms with E-state index < -0.39 is 119 Å². The molecule has 0 aliphatic carbocycles. The summed E-state index contributed by atoms with van der Waals surface area (Å²) in [5, 5.41) is 4.71. The van der Waals surface area contributed by atoms with Gasteiger partial charge >= 0.3 is 0 Å². The first-order valence-electron chi connectivity index (χ1n) is 17.8. The van der Waals surface area contributed by atoms with E-state index in [1.165, 1.54) is 24.0 Å². The van der Waals surface area contributed by atoms with Gasteiger partial charge in [-0.3, -0.25) is 9.78 Å². The lowest BCUT2D eigenvalue weighted by Gasteiger charge is -2.13. The summed E-state index contributed by atoms with van der Waals surface area (Å²) >= 11 is 0. The third-order valence-corrected chi connectivity index (χ3v) is 4.60. The van der Waals surface area contributed by atoms with Crippen LogP contribution < -0.4 is 10.6 Å². The van der Waals surface area contributed by atoms with Crippen molar-refractivity contribution < 1.29 is 25.4 Å². The van der Waals surface area contributed by atoms with Crippen LogP contribution in [-0.2, 0) is 0 Å². The van der Waals surface area contributed by atoms with Gasteiger partial charge in [-0.2, -0.15) is 0 Å². The molecule has 1 amide bonds. The molecule has 0 saturated heterocycles. The van der Waals surface area contributed by atoms with E-state index >= 15 is 0 Å². The number of aromatic nitrogens is 5. The zero-order valence-electron chi connectivity index (χ0n) is 33.8. The van der Waals surface area contributed by atoms with Gasteiger partial charge in [-0.1, -0.05) is 6.04 Å². The molecule has 0 spiro atoms. The molecular formula is C28H25N7O. The van der Waals surface area contributed by atoms with Crippen LogP contribution in [0.5, 0.6) is 0 Å². The number of carbonyl (C=O) groups excluding carboxylic acids is 1. The molecule has 2 N–H and O–H groups in total. The van der Waals surface area contributed by atoms with E-state index in [4.69, 9.17) is 20.6 Å². The van der Waals surface area contributed by atoms with Gasteiger partial charge in [-0.05, 0) is 80.2 Å². The van der Waals surface area contributed by atoms with E-state index in [1.807, 2.05) is 0 Å². The molecule has 8 nitrogen and oxygen atoms in total. The molecular weight excluding hydrogens is 450 g/mol. The van der Waals surface area contributed by atoms with Crippen molar-refractivity contribution in [1.82, 2.24) is 24.5 Å². The van der Waals surface area contributed by atoms with E-state index in [-0.39, 0.29) is 17.3 Å². The predicted octanol–water partition coefficient (Wildman–Crippen LogP) is 5.65. The van der Waals surface area contributed by atoms with Gasteiger partial charge in [0.1, 0.15) is 0 Å². The fraction of sp³-hybridized carbons (Fsp3) is 0.107. The van der Waals surface area contributed by atoms with Gasteiger partial charge in [-0.25, -0.2) is 15.0 Å². The van der Waals surface area contributed by atoms with Crippen LogP contribution in [-0.4, -0.2) is 30.4 Å². The summed E-state index contributed by atoms with van der Waals surface area (Å²) in [5.74, 6) is -1.96. The number of aryl methyl sites for hydroxylation is 1. The topological polar surface area (TPSA) is 97.6 Å². The smallest absolute Gasteiger partial charge is 0.255 e. The Kier molecular flexibility index (Phi) is 3.06. The van der Waals surface area contributed by atoms with Crippen molar-refractivity contribution in [2.75, 3.05) is 10.6 Å². The molecule has 8 heteroatoms. The molecule has 0 saturated carbocycles. The van der Waals surface area contributed by atoms with Crippen LogP contribution in [0.4, 0.5) is 17.3 Å². The number of hydrogen-bond acceptors (Lipinski definition) is 6. The first kappa shape index (κ1) is 11.3. The molecule has 0 radical (unpaired) electrons. The maximum Gasteiger partial charge on any atom is 0.255 e. The first-order chi connectivity index (χ1) is 23.7. The summed E-state index contributed by atoms with van der Waals surface area (Å²) in [5.41, 5.74) is -3.45. The average molecular weight is 491 g/mol. The van der Waals surface area contributed by atoms with Gasteiger partial charge in [0.25, 0.3) is 5.91 Å². The fourth-order valence-electron chi connectivity index (χ4n) is 3.02. The number of benzene rings is 2. The Bertz CT molecular complexity index is 2290. The Labute approximate surface area is 230 Å². The predicted molar refractivity (Wildman–Crippen MR) is 141 cm³/mol. The van der Waals surface area contributed by atoms with Crippen LogP contribution in [0.1, 0.15) is 47.7 Å². The van der Waals surface area contributed by atoms with Crippen molar-refractivity contribution in [1.29, 1.82) is 0 Å². The number of anilines is 3. The van der Waals surface area contributed by atoms with Crippen molar-refractivity contribution in [3.8, 4) is 16.9 Å². The van der Waals surface area contributed by atoms with E-state index in [0.717, 1.165) is 0 Å². The Morgan fingerprint density at radius 2 is 1.97 bits per heavy atom. The second-order valence-electron chi connectivity index (χ2n) is 7.32. The quantitative estimate of drug-likeness (QED) is 0.319. The summed E-state index contributed by atoms with van der Waals surface area (Å²) in [6.45, 7) is -0.0884. The van der Waals surface area contributed by atoms with E-state index in [9.17, 15) is 4.79 Å². The highest BCUT2D eigenvalue weighted by molar-refractivity contribution is 6.05. The monoisotopic (exact) mass is 490 g/mol. The molecule has 0 atom stereocenters. The Hall–Kier alpha value is -4.85. The summed E-state index contributed by atoms with van der Waals surface area (Å²) in [7, 11) is 0. The number of amides is 1. The summed E-state index contributed by atoms with van der Waals surface area (Å²) in [6.07, 6.45) is 0.624. The minimum Gasteiger partial charge on any atom is -0.324 e. The molecule has 5 aromatic rings. The normalized spacial score (nSPS) is 17.0. The zero-order chi connectivity index (χ0) is 38.0. The summed E-state index contributed by atoms with van der Waals surface area (Å²) in [6, 6.07) is -6.19. The second kappa shape index (κ2) is 9.79. The van der Waals surface area contributed by atoms with Gasteiger partial charge in [0.05, 0.1) is 34.2 Å². The second-order valence-corrected chi connectivity index (χ2v) is 7.32. The van der Waals surface area contributed by atoms with Crippen molar-refractivity contribution in [2.24, 2.45) is 0 Å². The maximum atomic E-state index is 13.8. The lowest BCUT2D eigenvalue weighted by atomic mass is 10.1. The molecule has 0 bridgehead atoms. The van der Waals surface area contributed by atoms with Crippen LogP contribution in [0.3, 0.4) is 0 Å². The van der Waals surface area contributed by atoms with Crippen LogP contribution in [0.2, 0.25) is 0 Å². The minimum absolute atomic E-state index is 0.0355. The van der Waals surface area contributed by atoms with Crippen LogP contribution in [0.15, 0.2) is 85.4 Å². The highest BCUT2D eigenvalue weighted by atomic mass is 16.1. The van der Waals surface area contributed by atoms with Crippen LogP contribution >= 0.6 is 0 Å². The Morgan fingerprint density at radius 3 is 2.81 bits per heavy atom. The number of rotatable bonds is 6. The van der Waals surface area contributed by atoms with Gasteiger partial charge in [0, 0.05) is 57.0 Å². The molecule has 0 fully saturated rings. The van der Waals surface area contributed by atoms with Gasteiger partial charge in [0.15, 0.2) is 0 Å². The number of hydrogen-bond donors (Lipinski definition) is 2. The fourth-order valence-corrected chi connectivity index (χ4v) is 3.02. The summed E-state index contributed by atoms with van der Waals surface area (Å²) < 4.78 is 126. The minimum atomic E-state index is -3.18. The third kappa shape index (κ3) is 5.12. The number of pyridine rings is 1. The molecule has 0 aliphatic rings. The van der Waals surface area contributed by atoms with Crippen LogP contribution in [0.25, 0.3) is 16.9 Å². The zero-order valence-corrected chi connectivity index (χ0v) is 18.8. The molecule has 36 heavy (non-hydrogen) atoms. The number of nitrogens with zero attached hydrogens (tertiary/aromatic N) is 5. The molecule has 3 heterocycles. The number of imidazole rings is 1. The largest absolute Gasteiger partial charge is 0.324 e. The van der Waals surface area contributed by atoms with Crippen LogP contribution in [0, 0.1) is 20.7 Å². The highest BCUT2D eigenvalue weighted by Gasteiger charge is 2.12. The molecule has 5 rings (SSSR count). The van der Waals surface area contributed by atoms with Gasteiger partial charge in [0.2, 0.25) is 5.95 Å². The molecule has 178 valence electrons. The highest BCUT2D eigenvalue weighted by Crippen LogP contribution is 2.24. The SMILES string of the molecule is [2H]c1nc(Nc2c([2H])c(C(=O)Nc3c([2H])c(C)c([2H])c(-n4cnc(C)c4)c3[2H])c([2H])c([2H])c2C([2H])([2H])[2H])nc(-c2c([2H])nc([2H])c([2H])c2[2H])c1[2H]. The maximum absolute atomic E-state index is 13.8. The summed E-state index contributed by atoms with van der Waals surface area (Å²) in [4.78, 5) is 29.2. The lowest BCUT2D eigenvalue weighted by molar-refractivity contribution is 0.102. The molecule has 0 aliphatic heterocycles. The average Bonchev–Trinajstić information content (AvgIpc) is 3.46. The van der Waals surface area contributed by atoms with Gasteiger partial charge < -0.3 is 15.2 Å². The van der Waals surface area contributed by atoms with E-state index in [2.05, 4.69) is 30.6 Å². The van der Waals surface area contributed by atoms with Crippen molar-refractivity contribution in [3.63, 3.8) is 0 Å². The Morgan fingerprint density at radius 1 is 1.06 bits per heavy atom. The number of nitrogens with one attached hydrogen (secondary N) is 2. The molecule has 3 aromatic heterocycles. The van der Waals surface area contributed by atoms with E-state index in [0.29, 0.717) is 5.69 Å². The Balaban J connectivity index is 1.69. The molecule has 0 unspecified atom stereocenters. The first-order valence-corrected chi connectivity index (χ1v) is 10.3. The van der Waals surface area contributed by atoms with E-state index in [1.54, 1.807) is 6.92 Å².